The lowest BCUT2D eigenvalue weighted by Crippen LogP contribution is -2.07. The topological polar surface area (TPSA) is 75.4 Å². The van der Waals surface area contributed by atoms with Crippen LogP contribution in [0.5, 0.6) is 5.75 Å². The van der Waals surface area contributed by atoms with Crippen LogP contribution in [0.25, 0.3) is 10.8 Å². The van der Waals surface area contributed by atoms with Crippen LogP contribution in [-0.2, 0) is 4.79 Å². The van der Waals surface area contributed by atoms with Gasteiger partial charge >= 0.3 is 0 Å². The van der Waals surface area contributed by atoms with Crippen LogP contribution in [0.15, 0.2) is 36.4 Å². The van der Waals surface area contributed by atoms with E-state index in [1.165, 1.54) is 0 Å². The highest BCUT2D eigenvalue weighted by molar-refractivity contribution is 5.96. The Balaban J connectivity index is 0.000000249. The van der Waals surface area contributed by atoms with E-state index in [-0.39, 0.29) is 5.75 Å². The summed E-state index contributed by atoms with van der Waals surface area (Å²) < 4.78 is 0. The molecular weight excluding hydrogens is 216 g/mol. The number of amides is 1. The van der Waals surface area contributed by atoms with Crippen molar-refractivity contribution < 1.29 is 9.90 Å². The van der Waals surface area contributed by atoms with Crippen molar-refractivity contribution in [3.63, 3.8) is 0 Å². The van der Waals surface area contributed by atoms with Crippen LogP contribution in [0.1, 0.15) is 6.92 Å². The number of fused-ring (bicyclic) bond motifs is 1. The van der Waals surface area contributed by atoms with E-state index in [4.69, 9.17) is 5.73 Å². The van der Waals surface area contributed by atoms with Crippen molar-refractivity contribution in [2.45, 2.75) is 6.92 Å². The molecule has 0 saturated heterocycles. The van der Waals surface area contributed by atoms with Crippen molar-refractivity contribution in [2.75, 3.05) is 12.3 Å². The maximum Gasteiger partial charge on any atom is 0.207 e. The van der Waals surface area contributed by atoms with Crippen LogP contribution in [-0.4, -0.2) is 18.1 Å². The minimum atomic E-state index is 0.278. The zero-order valence-corrected chi connectivity index (χ0v) is 9.68. The summed E-state index contributed by atoms with van der Waals surface area (Å²) >= 11 is 0. The first-order valence-corrected chi connectivity index (χ1v) is 5.34. The standard InChI is InChI=1S/C10H9NO.C3H7NO/c11-9-5-6-10(12)8-4-2-1-3-7(8)9;1-2-4-3-5/h1-6,12H,11H2;3H,2H2,1H3,(H,4,5). The van der Waals surface area contributed by atoms with E-state index in [2.05, 4.69) is 5.32 Å². The highest BCUT2D eigenvalue weighted by Gasteiger charge is 2.00. The number of carbonyl (C=O) groups excluding carboxylic acids is 1. The van der Waals surface area contributed by atoms with Gasteiger partial charge in [-0.05, 0) is 19.1 Å². The molecule has 0 unspecified atom stereocenters. The quantitative estimate of drug-likeness (QED) is 0.420. The number of anilines is 1. The molecule has 4 nitrogen and oxygen atoms in total. The Morgan fingerprint density at radius 3 is 2.35 bits per heavy atom. The van der Waals surface area contributed by atoms with Crippen LogP contribution in [0, 0.1) is 0 Å². The van der Waals surface area contributed by atoms with Crippen molar-refractivity contribution in [3.8, 4) is 5.75 Å². The summed E-state index contributed by atoms with van der Waals surface area (Å²) in [5, 5.41) is 13.6. The fourth-order valence-electron chi connectivity index (χ4n) is 1.39. The Kier molecular flexibility index (Phi) is 4.81. The van der Waals surface area contributed by atoms with E-state index >= 15 is 0 Å². The van der Waals surface area contributed by atoms with Gasteiger partial charge in [-0.1, -0.05) is 24.3 Å². The van der Waals surface area contributed by atoms with Gasteiger partial charge in [-0.25, -0.2) is 0 Å². The summed E-state index contributed by atoms with van der Waals surface area (Å²) in [6.07, 6.45) is 0.681. The summed E-state index contributed by atoms with van der Waals surface area (Å²) in [7, 11) is 0. The number of aromatic hydroxyl groups is 1. The molecule has 0 radical (unpaired) electrons. The molecule has 2 aromatic rings. The average molecular weight is 232 g/mol. The molecule has 0 aliphatic carbocycles. The van der Waals surface area contributed by atoms with Crippen molar-refractivity contribution in [1.29, 1.82) is 0 Å². The largest absolute Gasteiger partial charge is 0.507 e. The number of phenolic OH excluding ortho intramolecular Hbond substituents is 1. The summed E-state index contributed by atoms with van der Waals surface area (Å²) in [4.78, 5) is 9.29. The molecule has 4 N–H and O–H groups in total. The van der Waals surface area contributed by atoms with Crippen LogP contribution < -0.4 is 11.1 Å². The second-order valence-corrected chi connectivity index (χ2v) is 3.40. The van der Waals surface area contributed by atoms with Crippen molar-refractivity contribution in [3.05, 3.63) is 36.4 Å². The Morgan fingerprint density at radius 2 is 1.88 bits per heavy atom. The summed E-state index contributed by atoms with van der Waals surface area (Å²) in [6, 6.07) is 10.8. The van der Waals surface area contributed by atoms with Crippen molar-refractivity contribution in [2.24, 2.45) is 0 Å². The number of hydrogen-bond donors (Lipinski definition) is 3. The molecule has 0 fully saturated rings. The molecule has 0 bridgehead atoms. The van der Waals surface area contributed by atoms with Crippen molar-refractivity contribution in [1.82, 2.24) is 5.32 Å². The second-order valence-electron chi connectivity index (χ2n) is 3.40. The SMILES string of the molecule is CCNC=O.Nc1ccc(O)c2ccccc12. The molecule has 0 saturated carbocycles. The maximum atomic E-state index is 9.44. The summed E-state index contributed by atoms with van der Waals surface area (Å²) in [5.74, 6) is 0.278. The van der Waals surface area contributed by atoms with Gasteiger partial charge in [-0.15, -0.1) is 0 Å². The van der Waals surface area contributed by atoms with Gasteiger partial charge in [0.15, 0.2) is 0 Å². The molecule has 17 heavy (non-hydrogen) atoms. The van der Waals surface area contributed by atoms with Gasteiger partial charge in [0.25, 0.3) is 0 Å². The number of phenols is 1. The predicted octanol–water partition coefficient (Wildman–Crippen LogP) is 1.88. The lowest BCUT2D eigenvalue weighted by molar-refractivity contribution is -0.109. The number of rotatable bonds is 2. The molecule has 0 spiro atoms. The van der Waals surface area contributed by atoms with Crippen LogP contribution in [0.2, 0.25) is 0 Å². The van der Waals surface area contributed by atoms with Gasteiger partial charge in [-0.2, -0.15) is 0 Å². The van der Waals surface area contributed by atoms with Gasteiger partial charge in [0.1, 0.15) is 5.75 Å². The minimum absolute atomic E-state index is 0.278. The first-order chi connectivity index (χ1) is 8.20. The Morgan fingerprint density at radius 1 is 1.24 bits per heavy atom. The number of benzene rings is 2. The first-order valence-electron chi connectivity index (χ1n) is 5.34. The maximum absolute atomic E-state index is 9.44. The lowest BCUT2D eigenvalue weighted by atomic mass is 10.1. The van der Waals surface area contributed by atoms with Gasteiger partial charge in [0.05, 0.1) is 0 Å². The van der Waals surface area contributed by atoms with Gasteiger partial charge in [-0.3, -0.25) is 4.79 Å². The van der Waals surface area contributed by atoms with Crippen LogP contribution in [0.4, 0.5) is 5.69 Å². The normalized spacial score (nSPS) is 9.24. The Labute approximate surface area is 100 Å². The van der Waals surface area contributed by atoms with Crippen molar-refractivity contribution >= 4 is 22.9 Å². The molecule has 90 valence electrons. The molecule has 0 atom stereocenters. The first kappa shape index (κ1) is 12.8. The second kappa shape index (κ2) is 6.37. The fraction of sp³-hybridized carbons (Fsp3) is 0.154. The van der Waals surface area contributed by atoms with Crippen LogP contribution in [0.3, 0.4) is 0 Å². The third kappa shape index (κ3) is 3.38. The predicted molar refractivity (Wildman–Crippen MR) is 69.8 cm³/mol. The number of hydrogen-bond acceptors (Lipinski definition) is 3. The third-order valence-electron chi connectivity index (χ3n) is 2.22. The third-order valence-corrected chi connectivity index (χ3v) is 2.22. The minimum Gasteiger partial charge on any atom is -0.507 e. The molecule has 2 rings (SSSR count). The van der Waals surface area contributed by atoms with Gasteiger partial charge in [0.2, 0.25) is 6.41 Å². The highest BCUT2D eigenvalue weighted by atomic mass is 16.3. The van der Waals surface area contributed by atoms with Gasteiger partial charge in [0, 0.05) is 23.0 Å². The molecule has 2 aromatic carbocycles. The lowest BCUT2D eigenvalue weighted by Gasteiger charge is -2.02. The van der Waals surface area contributed by atoms with E-state index in [0.29, 0.717) is 12.1 Å². The number of nitrogens with two attached hydrogens (primary N) is 1. The van der Waals surface area contributed by atoms with Gasteiger partial charge < -0.3 is 16.2 Å². The molecule has 0 heterocycles. The zero-order chi connectivity index (χ0) is 12.7. The molecule has 1 amide bonds. The molecular formula is C13H16N2O2. The highest BCUT2D eigenvalue weighted by Crippen LogP contribution is 2.28. The average Bonchev–Trinajstić information content (AvgIpc) is 2.36. The molecule has 0 aliphatic rings. The van der Waals surface area contributed by atoms with E-state index < -0.39 is 0 Å². The van der Waals surface area contributed by atoms with E-state index in [1.807, 2.05) is 31.2 Å². The van der Waals surface area contributed by atoms with Crippen LogP contribution >= 0.6 is 0 Å². The zero-order valence-electron chi connectivity index (χ0n) is 9.68. The smallest absolute Gasteiger partial charge is 0.207 e. The molecule has 0 aliphatic heterocycles. The number of nitrogens with one attached hydrogen (secondary N) is 1. The number of nitrogen functional groups attached to an aromatic ring is 1. The summed E-state index contributed by atoms with van der Waals surface area (Å²) in [5.41, 5.74) is 6.41. The van der Waals surface area contributed by atoms with E-state index in [1.54, 1.807) is 12.1 Å². The van der Waals surface area contributed by atoms with E-state index in [0.717, 1.165) is 17.3 Å². The Bertz CT molecular complexity index is 457. The van der Waals surface area contributed by atoms with E-state index in [9.17, 15) is 9.90 Å². The fourth-order valence-corrected chi connectivity index (χ4v) is 1.39. The molecule has 0 aromatic heterocycles. The number of carbonyl (C=O) groups is 1. The summed E-state index contributed by atoms with van der Waals surface area (Å²) in [6.45, 7) is 2.60. The monoisotopic (exact) mass is 232 g/mol. The molecule has 4 heteroatoms. The Hall–Kier alpha value is -2.23.